The maximum atomic E-state index is 10.8. The average Bonchev–Trinajstić information content (AvgIpc) is 3.41. The van der Waals surface area contributed by atoms with E-state index in [0.717, 1.165) is 55.0 Å². The second kappa shape index (κ2) is 7.60. The van der Waals surface area contributed by atoms with Gasteiger partial charge in [-0.25, -0.2) is 0 Å². The summed E-state index contributed by atoms with van der Waals surface area (Å²) in [6.45, 7) is 0. The normalized spacial score (nSPS) is 11.7. The number of aromatic nitrogens is 2. The first-order chi connectivity index (χ1) is 17.2. The Balaban J connectivity index is 1.64. The Morgan fingerprint density at radius 2 is 0.714 bits per heavy atom. The third kappa shape index (κ3) is 2.83. The zero-order valence-electron chi connectivity index (χ0n) is 18.8. The predicted octanol–water partition coefficient (Wildman–Crippen LogP) is 5.56. The molecule has 7 aromatic rings. The van der Waals surface area contributed by atoms with E-state index in [1.807, 2.05) is 66.7 Å². The molecule has 7 rings (SSSR count). The zero-order chi connectivity index (χ0) is 23.5. The van der Waals surface area contributed by atoms with Crippen molar-refractivity contribution >= 4 is 56.2 Å². The topological polar surface area (TPSA) is 50.3 Å². The van der Waals surface area contributed by atoms with Gasteiger partial charge in [0, 0.05) is 38.4 Å². The monoisotopic (exact) mass is 452 g/mol. The molecule has 0 saturated carbocycles. The third-order valence-electron chi connectivity index (χ3n) is 6.96. The Morgan fingerprint density at radius 1 is 0.400 bits per heavy atom. The molecule has 0 spiro atoms. The van der Waals surface area contributed by atoms with Crippen molar-refractivity contribution in [1.82, 2.24) is 9.13 Å². The van der Waals surface area contributed by atoms with E-state index >= 15 is 0 Å². The van der Waals surface area contributed by atoms with Gasteiger partial charge in [0.25, 0.3) is 0 Å². The SMILES string of the molecule is OB(O)c1c(-n2c3ccccc3c3ccccc32)cccc1-n1c2ccccc2c2ccccc21. The van der Waals surface area contributed by atoms with Crippen molar-refractivity contribution in [2.24, 2.45) is 0 Å². The van der Waals surface area contributed by atoms with Gasteiger partial charge in [-0.2, -0.15) is 0 Å². The molecule has 35 heavy (non-hydrogen) atoms. The summed E-state index contributed by atoms with van der Waals surface area (Å²) in [7, 11) is -1.67. The highest BCUT2D eigenvalue weighted by Gasteiger charge is 2.26. The van der Waals surface area contributed by atoms with Crippen LogP contribution >= 0.6 is 0 Å². The summed E-state index contributed by atoms with van der Waals surface area (Å²) < 4.78 is 4.27. The highest BCUT2D eigenvalue weighted by atomic mass is 16.4. The molecule has 0 aliphatic heterocycles. The van der Waals surface area contributed by atoms with Gasteiger partial charge < -0.3 is 19.2 Å². The first kappa shape index (κ1) is 20.1. The maximum Gasteiger partial charge on any atom is 0.492 e. The minimum atomic E-state index is -1.67. The van der Waals surface area contributed by atoms with Crippen LogP contribution < -0.4 is 5.46 Å². The van der Waals surface area contributed by atoms with Gasteiger partial charge in [0.15, 0.2) is 0 Å². The summed E-state index contributed by atoms with van der Waals surface area (Å²) in [4.78, 5) is 0. The molecular formula is C30H21BN2O2. The second-order valence-electron chi connectivity index (χ2n) is 8.82. The summed E-state index contributed by atoms with van der Waals surface area (Å²) in [6, 6.07) is 38.9. The molecule has 2 aromatic heterocycles. The molecule has 0 unspecified atom stereocenters. The lowest BCUT2D eigenvalue weighted by Gasteiger charge is -2.19. The van der Waals surface area contributed by atoms with E-state index in [4.69, 9.17) is 0 Å². The largest absolute Gasteiger partial charge is 0.492 e. The van der Waals surface area contributed by atoms with E-state index in [1.54, 1.807) is 0 Å². The summed E-state index contributed by atoms with van der Waals surface area (Å²) in [5.74, 6) is 0. The van der Waals surface area contributed by atoms with Gasteiger partial charge in [0.1, 0.15) is 0 Å². The number of hydrogen-bond acceptors (Lipinski definition) is 2. The van der Waals surface area contributed by atoms with Crippen LogP contribution in [0.2, 0.25) is 0 Å². The van der Waals surface area contributed by atoms with Crippen molar-refractivity contribution in [1.29, 1.82) is 0 Å². The summed E-state index contributed by atoms with van der Waals surface area (Å²) in [5.41, 5.74) is 6.05. The average molecular weight is 452 g/mol. The molecular weight excluding hydrogens is 431 g/mol. The van der Waals surface area contributed by atoms with Crippen LogP contribution in [-0.4, -0.2) is 26.3 Å². The van der Waals surface area contributed by atoms with Crippen molar-refractivity contribution in [3.8, 4) is 11.4 Å². The van der Waals surface area contributed by atoms with Crippen molar-refractivity contribution < 1.29 is 10.0 Å². The minimum Gasteiger partial charge on any atom is -0.423 e. The number of fused-ring (bicyclic) bond motifs is 6. The van der Waals surface area contributed by atoms with Gasteiger partial charge >= 0.3 is 7.12 Å². The van der Waals surface area contributed by atoms with E-state index < -0.39 is 7.12 Å². The highest BCUT2D eigenvalue weighted by molar-refractivity contribution is 6.61. The number of rotatable bonds is 3. The van der Waals surface area contributed by atoms with Gasteiger partial charge in [-0.3, -0.25) is 0 Å². The molecule has 2 N–H and O–H groups in total. The fourth-order valence-electron chi connectivity index (χ4n) is 5.56. The maximum absolute atomic E-state index is 10.8. The lowest BCUT2D eigenvalue weighted by atomic mass is 9.77. The molecule has 0 radical (unpaired) electrons. The number of para-hydroxylation sites is 4. The van der Waals surface area contributed by atoms with Crippen molar-refractivity contribution in [2.45, 2.75) is 0 Å². The summed E-state index contributed by atoms with van der Waals surface area (Å²) >= 11 is 0. The number of hydrogen-bond donors (Lipinski definition) is 2. The standard InChI is InChI=1S/C30H21BN2O2/c34-31(35)30-28(32-24-14-5-1-10-20(24)21-11-2-6-15-25(21)32)18-9-19-29(30)33-26-16-7-3-12-22(26)23-13-4-8-17-27(23)33/h1-19,34-35H. The Labute approximate surface area is 202 Å². The van der Waals surface area contributed by atoms with Crippen LogP contribution in [0.3, 0.4) is 0 Å². The van der Waals surface area contributed by atoms with E-state index in [1.165, 1.54) is 0 Å². The Hall–Kier alpha value is -4.32. The van der Waals surface area contributed by atoms with Gasteiger partial charge in [0.2, 0.25) is 0 Å². The molecule has 0 bridgehead atoms. The Bertz CT molecular complexity index is 1660. The molecule has 0 atom stereocenters. The van der Waals surface area contributed by atoms with Crippen molar-refractivity contribution in [3.05, 3.63) is 115 Å². The van der Waals surface area contributed by atoms with E-state index in [2.05, 4.69) is 57.7 Å². The first-order valence-electron chi connectivity index (χ1n) is 11.7. The van der Waals surface area contributed by atoms with Crippen molar-refractivity contribution in [3.63, 3.8) is 0 Å². The molecule has 5 heteroatoms. The fourth-order valence-corrected chi connectivity index (χ4v) is 5.56. The lowest BCUT2D eigenvalue weighted by Crippen LogP contribution is -2.36. The third-order valence-corrected chi connectivity index (χ3v) is 6.96. The molecule has 5 aromatic carbocycles. The minimum absolute atomic E-state index is 0.463. The molecule has 0 aliphatic rings. The number of benzene rings is 5. The summed E-state index contributed by atoms with van der Waals surface area (Å²) in [5, 5.41) is 26.1. The van der Waals surface area contributed by atoms with Gasteiger partial charge in [-0.1, -0.05) is 78.9 Å². The predicted molar refractivity (Wildman–Crippen MR) is 145 cm³/mol. The molecule has 0 fully saturated rings. The van der Waals surface area contributed by atoms with Crippen LogP contribution in [0, 0.1) is 0 Å². The Kier molecular flexibility index (Phi) is 4.36. The first-order valence-corrected chi connectivity index (χ1v) is 11.7. The van der Waals surface area contributed by atoms with Crippen LogP contribution in [0.4, 0.5) is 0 Å². The smallest absolute Gasteiger partial charge is 0.423 e. The molecule has 2 heterocycles. The van der Waals surface area contributed by atoms with Gasteiger partial charge in [-0.05, 0) is 36.4 Å². The number of nitrogens with zero attached hydrogens (tertiary/aromatic N) is 2. The molecule has 0 saturated heterocycles. The molecule has 0 aliphatic carbocycles. The van der Waals surface area contributed by atoms with E-state index in [9.17, 15) is 10.0 Å². The second-order valence-corrected chi connectivity index (χ2v) is 8.82. The van der Waals surface area contributed by atoms with Crippen LogP contribution in [0.25, 0.3) is 55.0 Å². The van der Waals surface area contributed by atoms with Crippen LogP contribution in [-0.2, 0) is 0 Å². The molecule has 0 amide bonds. The lowest BCUT2D eigenvalue weighted by molar-refractivity contribution is 0.425. The van der Waals surface area contributed by atoms with E-state index in [0.29, 0.717) is 5.46 Å². The van der Waals surface area contributed by atoms with E-state index in [-0.39, 0.29) is 0 Å². The van der Waals surface area contributed by atoms with Crippen LogP contribution in [0.15, 0.2) is 115 Å². The Morgan fingerprint density at radius 3 is 1.03 bits per heavy atom. The quantitative estimate of drug-likeness (QED) is 0.345. The molecule has 4 nitrogen and oxygen atoms in total. The highest BCUT2D eigenvalue weighted by Crippen LogP contribution is 2.34. The van der Waals surface area contributed by atoms with Crippen molar-refractivity contribution in [2.75, 3.05) is 0 Å². The zero-order valence-corrected chi connectivity index (χ0v) is 18.8. The molecule has 166 valence electrons. The summed E-state index contributed by atoms with van der Waals surface area (Å²) in [6.07, 6.45) is 0. The van der Waals surface area contributed by atoms with Crippen LogP contribution in [0.5, 0.6) is 0 Å². The fraction of sp³-hybridized carbons (Fsp3) is 0. The van der Waals surface area contributed by atoms with Gasteiger partial charge in [-0.15, -0.1) is 0 Å². The van der Waals surface area contributed by atoms with Gasteiger partial charge in [0.05, 0.1) is 22.1 Å². The van der Waals surface area contributed by atoms with Crippen LogP contribution in [0.1, 0.15) is 0 Å².